The summed E-state index contributed by atoms with van der Waals surface area (Å²) in [5, 5.41) is 97.3. The number of esters is 1. The number of para-hydroxylation sites is 1. The molecule has 5 aromatic carbocycles. The molecule has 642 valence electrons. The van der Waals surface area contributed by atoms with Gasteiger partial charge in [-0.3, -0.25) is 67.6 Å². The van der Waals surface area contributed by atoms with Crippen LogP contribution in [0.2, 0.25) is 0 Å². The number of guanidine groups is 1. The Balaban J connectivity index is 0.787. The molecule has 2 fully saturated rings. The van der Waals surface area contributed by atoms with Crippen molar-refractivity contribution in [3.8, 4) is 28.7 Å². The number of hydrogen-bond acceptors (Lipinski definition) is 23. The SMILES string of the molecule is CC(C)C[C@H](NC(=O)[C@H](CCCn1cc(CNC(=O)c2ccc3c(c2)C(=O)OC32c3ccc(O)cc3Oc3cc(O)ccc32)nn1)NC(=O)[C@H](Cc1ccc(O)cc1)NC(=O)[C@H](CO)NC(=O)[C@H](Cc1c[nH]c2ccccc12)NC(=O)[C@H](Cc1c[nH]cn1)NC(=O)[C@@H]1CCC(=O)N1)C(=O)N[C@@H](CCCNC(=N)N)C(=O)N1CCC[C@H]1C(=O)NCC(=O)O. The third kappa shape index (κ3) is 21.1. The number of carbonyl (C=O) groups is 13. The Hall–Kier alpha value is -14.5. The maximum atomic E-state index is 15.3. The number of nitrogens with zero attached hydrogens (tertiary/aromatic N) is 5. The van der Waals surface area contributed by atoms with E-state index in [1.54, 1.807) is 62.5 Å². The van der Waals surface area contributed by atoms with Crippen LogP contribution in [0.4, 0.5) is 0 Å². The van der Waals surface area contributed by atoms with Gasteiger partial charge in [0.15, 0.2) is 11.6 Å². The van der Waals surface area contributed by atoms with Gasteiger partial charge in [-0.1, -0.05) is 55.5 Å². The maximum absolute atomic E-state index is 15.3. The lowest BCUT2D eigenvalue weighted by atomic mass is 9.77. The summed E-state index contributed by atoms with van der Waals surface area (Å²) in [6.45, 7) is 1.58. The number of aromatic nitrogens is 6. The number of benzene rings is 5. The number of carbonyl (C=O) groups excluding carboxylic acids is 12. The summed E-state index contributed by atoms with van der Waals surface area (Å²) in [6, 6.07) is 12.6. The quantitative estimate of drug-likeness (QED) is 0.0103. The van der Waals surface area contributed by atoms with Crippen molar-refractivity contribution in [2.75, 3.05) is 26.2 Å². The van der Waals surface area contributed by atoms with Gasteiger partial charge in [-0.15, -0.1) is 5.10 Å². The van der Waals surface area contributed by atoms with Crippen molar-refractivity contribution in [2.24, 2.45) is 11.7 Å². The number of H-pyrrole nitrogens is 2. The average molecular weight is 1680 g/mol. The minimum absolute atomic E-state index is 0.00861. The highest BCUT2D eigenvalue weighted by Crippen LogP contribution is 2.57. The smallest absolute Gasteiger partial charge is 0.340 e. The molecular weight excluding hydrogens is 1590 g/mol. The van der Waals surface area contributed by atoms with E-state index in [9.17, 15) is 78.3 Å². The Morgan fingerprint density at radius 3 is 1.94 bits per heavy atom. The van der Waals surface area contributed by atoms with Crippen LogP contribution in [0.15, 0.2) is 128 Å². The van der Waals surface area contributed by atoms with Crippen molar-refractivity contribution in [1.29, 1.82) is 5.41 Å². The summed E-state index contributed by atoms with van der Waals surface area (Å²) in [5.41, 5.74) is 7.28. The van der Waals surface area contributed by atoms with Crippen molar-refractivity contribution < 1.29 is 97.3 Å². The molecule has 12 rings (SSSR count). The number of rotatable bonds is 38. The Morgan fingerprint density at radius 2 is 1.28 bits per heavy atom. The molecule has 0 aliphatic carbocycles. The highest BCUT2D eigenvalue weighted by molar-refractivity contribution is 6.03. The molecule has 1 spiro atoms. The van der Waals surface area contributed by atoms with E-state index in [4.69, 9.17) is 20.6 Å². The van der Waals surface area contributed by atoms with Crippen LogP contribution in [0.5, 0.6) is 28.7 Å². The van der Waals surface area contributed by atoms with Gasteiger partial charge in [0.2, 0.25) is 59.1 Å². The van der Waals surface area contributed by atoms with Gasteiger partial charge in [-0.05, 0) is 123 Å². The number of nitrogens with two attached hydrogens (primary N) is 1. The number of aromatic hydroxyl groups is 3. The molecule has 8 aromatic rings. The number of carboxylic acids is 1. The summed E-state index contributed by atoms with van der Waals surface area (Å²) < 4.78 is 13.6. The summed E-state index contributed by atoms with van der Waals surface area (Å²) in [7, 11) is 0. The van der Waals surface area contributed by atoms with E-state index in [1.165, 1.54) is 89.0 Å². The fourth-order valence-corrected chi connectivity index (χ4v) is 15.2. The molecule has 21 N–H and O–H groups in total. The van der Waals surface area contributed by atoms with Gasteiger partial charge in [0.1, 0.15) is 95.4 Å². The first-order valence-corrected chi connectivity index (χ1v) is 39.6. The number of aliphatic carboxylic acids is 1. The Bertz CT molecular complexity index is 5230. The van der Waals surface area contributed by atoms with Crippen molar-refractivity contribution >= 4 is 93.8 Å². The standard InChI is InChI=1S/C82H94N20O20/c1-42(2)28-60(73(113)93-59(10-5-25-86-81(83)84)79(119)102-27-7-12-65(102)78(118)89-38-69(108)109)94-71(111)57(11-6-26-101-39-47(99-100-101)37-88-70(110)44-15-20-53-52(30-44)80(120)122-82(53)54-21-18-49(105)33-66(54)121-67-34-50(106)19-22-55(67)82)92-74(114)61(29-43-13-16-48(104)17-14-43)95-77(117)64(40-103)98-75(115)62(31-45-35-87-56-9-4-3-8-51(45)56)96-76(116)63(32-46-36-85-41-90-46)97-72(112)58-23-24-68(107)91-58/h3-4,8-9,13-22,30,33-36,39,41-42,57-65,87,103-106H,5-7,10-12,23-29,31-32,37-38,40H2,1-2H3,(H,85,90)(H,88,110)(H,89,118)(H,91,107)(H,92,114)(H,93,113)(H,94,111)(H,95,117)(H,96,116)(H,97,112)(H,98,115)(H,108,109)(H4,83,84,86)/t57-,58-,59-,60-,61-,62-,63-,64-,65-/m0/s1. The lowest BCUT2D eigenvalue weighted by Gasteiger charge is -2.36. The number of phenolic OH excluding ortho intramolecular Hbond substituents is 3. The molecule has 2 saturated heterocycles. The number of phenols is 3. The van der Waals surface area contributed by atoms with Crippen molar-refractivity contribution in [3.63, 3.8) is 0 Å². The largest absolute Gasteiger partial charge is 0.508 e. The Kier molecular flexibility index (Phi) is 27.7. The summed E-state index contributed by atoms with van der Waals surface area (Å²) in [6.07, 6.45) is 5.60. The number of aryl methyl sites for hydroxylation is 1. The van der Waals surface area contributed by atoms with E-state index < -0.39 is 144 Å². The molecule has 0 radical (unpaired) electrons. The number of fused-ring (bicyclic) bond motifs is 7. The number of hydrogen-bond donors (Lipinski definition) is 20. The Labute approximate surface area is 695 Å². The first-order chi connectivity index (χ1) is 58.5. The number of aromatic amines is 2. The minimum Gasteiger partial charge on any atom is -0.508 e. The monoisotopic (exact) mass is 1680 g/mol. The van der Waals surface area contributed by atoms with E-state index in [0.717, 1.165) is 0 Å². The van der Waals surface area contributed by atoms with Crippen LogP contribution in [-0.4, -0.2) is 224 Å². The zero-order chi connectivity index (χ0) is 87.1. The molecule has 4 aliphatic rings. The van der Waals surface area contributed by atoms with Crippen LogP contribution in [-0.2, 0) is 95.4 Å². The normalized spacial score (nSPS) is 16.4. The highest BCUT2D eigenvalue weighted by Gasteiger charge is 2.54. The van der Waals surface area contributed by atoms with Gasteiger partial charge >= 0.3 is 11.9 Å². The third-order valence-corrected chi connectivity index (χ3v) is 21.2. The second-order valence-corrected chi connectivity index (χ2v) is 30.5. The van der Waals surface area contributed by atoms with Gasteiger partial charge in [0.05, 0.1) is 36.9 Å². The van der Waals surface area contributed by atoms with E-state index >= 15 is 9.59 Å². The number of likely N-dealkylation sites (tertiary alicyclic amines) is 1. The zero-order valence-corrected chi connectivity index (χ0v) is 66.3. The third-order valence-electron chi connectivity index (χ3n) is 21.2. The van der Waals surface area contributed by atoms with E-state index in [2.05, 4.69) is 83.7 Å². The number of aliphatic hydroxyl groups is 1. The molecule has 7 heterocycles. The first kappa shape index (κ1) is 86.9. The van der Waals surface area contributed by atoms with Crippen molar-refractivity contribution in [3.05, 3.63) is 178 Å². The van der Waals surface area contributed by atoms with Crippen LogP contribution in [0.1, 0.15) is 132 Å². The van der Waals surface area contributed by atoms with E-state index in [0.29, 0.717) is 50.8 Å². The molecule has 0 unspecified atom stereocenters. The molecule has 122 heavy (non-hydrogen) atoms. The van der Waals surface area contributed by atoms with Gasteiger partial charge in [-0.2, -0.15) is 0 Å². The fraction of sp³-hybridized carbons (Fsp3) is 0.378. The van der Waals surface area contributed by atoms with Crippen LogP contribution in [0, 0.1) is 11.3 Å². The average Bonchev–Trinajstić information content (AvgIpc) is 1.54. The summed E-state index contributed by atoms with van der Waals surface area (Å²) >= 11 is 0. The molecular formula is C82H94N20O20. The number of imidazole rings is 1. The van der Waals surface area contributed by atoms with Crippen LogP contribution in [0.25, 0.3) is 10.9 Å². The highest BCUT2D eigenvalue weighted by atomic mass is 16.6. The van der Waals surface area contributed by atoms with E-state index in [1.807, 2.05) is 0 Å². The van der Waals surface area contributed by atoms with Gasteiger partial charge in [0.25, 0.3) is 5.91 Å². The second kappa shape index (κ2) is 38.9. The second-order valence-electron chi connectivity index (χ2n) is 30.5. The number of amides is 11. The van der Waals surface area contributed by atoms with Crippen molar-refractivity contribution in [1.82, 2.24) is 93.3 Å². The maximum Gasteiger partial charge on any atom is 0.340 e. The van der Waals surface area contributed by atoms with Gasteiger partial charge in [0, 0.05) is 103 Å². The zero-order valence-electron chi connectivity index (χ0n) is 66.3. The summed E-state index contributed by atoms with van der Waals surface area (Å²) in [4.78, 5) is 194. The molecule has 40 nitrogen and oxygen atoms in total. The predicted octanol–water partition coefficient (Wildman–Crippen LogP) is -0.229. The topological polar surface area (TPSA) is 602 Å². The molecule has 11 amide bonds. The molecule has 4 aliphatic heterocycles. The minimum atomic E-state index is -1.88. The number of ether oxygens (including phenoxy) is 2. The molecule has 3 aromatic heterocycles. The summed E-state index contributed by atoms with van der Waals surface area (Å²) in [5.74, 6) is -12.0. The number of nitrogens with one attached hydrogen (secondary N) is 14. The first-order valence-electron chi connectivity index (χ1n) is 39.6. The number of aliphatic hydroxyl groups excluding tert-OH is 1. The van der Waals surface area contributed by atoms with E-state index in [-0.39, 0.29) is 160 Å². The molecule has 40 heteroatoms. The molecule has 0 saturated carbocycles. The van der Waals surface area contributed by atoms with Crippen LogP contribution < -0.4 is 69.0 Å². The lowest BCUT2D eigenvalue weighted by molar-refractivity contribution is -0.143. The molecule has 9 atom stereocenters. The lowest BCUT2D eigenvalue weighted by Crippen LogP contribution is -2.61. The Morgan fingerprint density at radius 1 is 0.656 bits per heavy atom. The van der Waals surface area contributed by atoms with Crippen LogP contribution in [0.3, 0.4) is 0 Å². The van der Waals surface area contributed by atoms with Gasteiger partial charge in [-0.25, -0.2) is 9.78 Å². The fourth-order valence-electron chi connectivity index (χ4n) is 15.2. The van der Waals surface area contributed by atoms with Crippen molar-refractivity contribution in [2.45, 2.75) is 164 Å². The van der Waals surface area contributed by atoms with Crippen LogP contribution >= 0.6 is 0 Å². The predicted molar refractivity (Wildman–Crippen MR) is 430 cm³/mol. The number of carboxylic acid groups (broad SMARTS) is 1. The molecule has 0 bridgehead atoms. The van der Waals surface area contributed by atoms with Gasteiger partial charge < -0.3 is 114 Å².